The van der Waals surface area contributed by atoms with E-state index in [1.807, 2.05) is 0 Å². The van der Waals surface area contributed by atoms with Crippen molar-refractivity contribution in [2.75, 3.05) is 33.3 Å². The molecule has 1 aromatic carbocycles. The van der Waals surface area contributed by atoms with Crippen LogP contribution in [0.1, 0.15) is 36.0 Å². The van der Waals surface area contributed by atoms with E-state index in [2.05, 4.69) is 22.3 Å². The van der Waals surface area contributed by atoms with E-state index in [4.69, 9.17) is 4.74 Å². The topological polar surface area (TPSA) is 24.5 Å². The molecule has 3 nitrogen and oxygen atoms in total. The van der Waals surface area contributed by atoms with Crippen molar-refractivity contribution in [2.24, 2.45) is 0 Å². The van der Waals surface area contributed by atoms with E-state index >= 15 is 0 Å². The van der Waals surface area contributed by atoms with Crippen molar-refractivity contribution in [1.29, 1.82) is 0 Å². The number of hydrogen-bond acceptors (Lipinski definition) is 3. The molecule has 1 aliphatic carbocycles. The summed E-state index contributed by atoms with van der Waals surface area (Å²) >= 11 is 0. The fourth-order valence-corrected chi connectivity index (χ4v) is 3.52. The third-order valence-corrected chi connectivity index (χ3v) is 4.67. The van der Waals surface area contributed by atoms with Gasteiger partial charge in [0.15, 0.2) is 0 Å². The van der Waals surface area contributed by atoms with Crippen LogP contribution in [0.3, 0.4) is 0 Å². The van der Waals surface area contributed by atoms with Crippen molar-refractivity contribution in [3.05, 3.63) is 28.8 Å². The molecule has 1 fully saturated rings. The van der Waals surface area contributed by atoms with E-state index in [-0.39, 0.29) is 0 Å². The molecule has 1 heterocycles. The molecular weight excluding hydrogens is 248 g/mol. The molecule has 1 saturated heterocycles. The van der Waals surface area contributed by atoms with Crippen LogP contribution in [0.2, 0.25) is 0 Å². The van der Waals surface area contributed by atoms with Crippen LogP contribution in [0.4, 0.5) is 0 Å². The van der Waals surface area contributed by atoms with Crippen LogP contribution in [0, 0.1) is 0 Å². The van der Waals surface area contributed by atoms with Gasteiger partial charge in [0.1, 0.15) is 5.75 Å². The van der Waals surface area contributed by atoms with Crippen LogP contribution in [-0.2, 0) is 19.4 Å². The lowest BCUT2D eigenvalue weighted by Crippen LogP contribution is -2.43. The Morgan fingerprint density at radius 1 is 1.10 bits per heavy atom. The molecule has 0 spiro atoms. The average Bonchev–Trinajstić information content (AvgIpc) is 2.74. The van der Waals surface area contributed by atoms with Crippen molar-refractivity contribution in [1.82, 2.24) is 10.2 Å². The zero-order chi connectivity index (χ0) is 13.8. The van der Waals surface area contributed by atoms with Gasteiger partial charge in [-0.1, -0.05) is 12.5 Å². The first kappa shape index (κ1) is 13.9. The van der Waals surface area contributed by atoms with E-state index in [0.717, 1.165) is 38.5 Å². The van der Waals surface area contributed by atoms with Gasteiger partial charge in [0.25, 0.3) is 0 Å². The SMILES string of the molecule is COc1ccc2c(c1CN1CCNCC1)CCCCC2. The van der Waals surface area contributed by atoms with Gasteiger partial charge in [0.2, 0.25) is 0 Å². The molecule has 0 bridgehead atoms. The highest BCUT2D eigenvalue weighted by Gasteiger charge is 2.19. The van der Waals surface area contributed by atoms with Crippen LogP contribution in [-0.4, -0.2) is 38.2 Å². The second kappa shape index (κ2) is 6.59. The number of fused-ring (bicyclic) bond motifs is 1. The molecule has 3 heteroatoms. The molecule has 0 amide bonds. The normalized spacial score (nSPS) is 20.2. The molecule has 1 aliphatic heterocycles. The lowest BCUT2D eigenvalue weighted by atomic mass is 9.95. The third kappa shape index (κ3) is 2.99. The van der Waals surface area contributed by atoms with Crippen molar-refractivity contribution in [2.45, 2.75) is 38.6 Å². The maximum absolute atomic E-state index is 5.65. The van der Waals surface area contributed by atoms with Crippen molar-refractivity contribution >= 4 is 0 Å². The first-order valence-electron chi connectivity index (χ1n) is 7.99. The first-order valence-corrected chi connectivity index (χ1v) is 7.99. The molecule has 0 radical (unpaired) electrons. The molecule has 0 aromatic heterocycles. The summed E-state index contributed by atoms with van der Waals surface area (Å²) in [6.07, 6.45) is 6.51. The number of benzene rings is 1. The number of nitrogens with zero attached hydrogens (tertiary/aromatic N) is 1. The largest absolute Gasteiger partial charge is 0.496 e. The van der Waals surface area contributed by atoms with Gasteiger partial charge in [-0.05, 0) is 42.9 Å². The highest BCUT2D eigenvalue weighted by atomic mass is 16.5. The summed E-state index contributed by atoms with van der Waals surface area (Å²) in [5, 5.41) is 3.43. The Bertz CT molecular complexity index is 453. The Balaban J connectivity index is 1.89. The second-order valence-corrected chi connectivity index (χ2v) is 5.97. The zero-order valence-corrected chi connectivity index (χ0v) is 12.6. The number of nitrogens with one attached hydrogen (secondary N) is 1. The molecule has 2 aliphatic rings. The first-order chi connectivity index (χ1) is 9.88. The number of piperazine rings is 1. The van der Waals surface area contributed by atoms with Gasteiger partial charge in [0, 0.05) is 38.3 Å². The number of ether oxygens (including phenoxy) is 1. The highest BCUT2D eigenvalue weighted by Crippen LogP contribution is 2.31. The molecule has 0 unspecified atom stereocenters. The fourth-order valence-electron chi connectivity index (χ4n) is 3.52. The predicted molar refractivity (Wildman–Crippen MR) is 82.4 cm³/mol. The summed E-state index contributed by atoms with van der Waals surface area (Å²) < 4.78 is 5.65. The van der Waals surface area contributed by atoms with E-state index in [1.165, 1.54) is 37.7 Å². The van der Waals surface area contributed by atoms with E-state index in [1.54, 1.807) is 18.2 Å². The molecule has 110 valence electrons. The minimum atomic E-state index is 1.05. The van der Waals surface area contributed by atoms with Crippen molar-refractivity contribution < 1.29 is 4.74 Å². The summed E-state index contributed by atoms with van der Waals surface area (Å²) in [5.74, 6) is 1.09. The van der Waals surface area contributed by atoms with Gasteiger partial charge in [-0.2, -0.15) is 0 Å². The van der Waals surface area contributed by atoms with E-state index in [0.29, 0.717) is 0 Å². The van der Waals surface area contributed by atoms with Crippen LogP contribution < -0.4 is 10.1 Å². The zero-order valence-electron chi connectivity index (χ0n) is 12.6. The van der Waals surface area contributed by atoms with Gasteiger partial charge >= 0.3 is 0 Å². The van der Waals surface area contributed by atoms with Crippen molar-refractivity contribution in [3.63, 3.8) is 0 Å². The Morgan fingerprint density at radius 2 is 1.90 bits per heavy atom. The van der Waals surface area contributed by atoms with Gasteiger partial charge in [0.05, 0.1) is 7.11 Å². The summed E-state index contributed by atoms with van der Waals surface area (Å²) in [7, 11) is 1.81. The molecule has 20 heavy (non-hydrogen) atoms. The van der Waals surface area contributed by atoms with E-state index in [9.17, 15) is 0 Å². The molecule has 1 N–H and O–H groups in total. The Kier molecular flexibility index (Phi) is 4.58. The smallest absolute Gasteiger partial charge is 0.123 e. The summed E-state index contributed by atoms with van der Waals surface area (Å²) in [4.78, 5) is 2.56. The maximum atomic E-state index is 5.65. The Morgan fingerprint density at radius 3 is 2.70 bits per heavy atom. The van der Waals surface area contributed by atoms with Crippen LogP contribution >= 0.6 is 0 Å². The average molecular weight is 274 g/mol. The number of hydrogen-bond donors (Lipinski definition) is 1. The summed E-state index contributed by atoms with van der Waals surface area (Å²) in [6, 6.07) is 4.47. The van der Waals surface area contributed by atoms with Gasteiger partial charge in [-0.15, -0.1) is 0 Å². The highest BCUT2D eigenvalue weighted by molar-refractivity contribution is 5.46. The maximum Gasteiger partial charge on any atom is 0.123 e. The number of aryl methyl sites for hydroxylation is 1. The van der Waals surface area contributed by atoms with Gasteiger partial charge < -0.3 is 10.1 Å². The van der Waals surface area contributed by atoms with E-state index < -0.39 is 0 Å². The number of methoxy groups -OCH3 is 1. The third-order valence-electron chi connectivity index (χ3n) is 4.67. The summed E-state index contributed by atoms with van der Waals surface area (Å²) in [5.41, 5.74) is 4.60. The van der Waals surface area contributed by atoms with Gasteiger partial charge in [-0.25, -0.2) is 0 Å². The minimum absolute atomic E-state index is 1.05. The fraction of sp³-hybridized carbons (Fsp3) is 0.647. The minimum Gasteiger partial charge on any atom is -0.496 e. The second-order valence-electron chi connectivity index (χ2n) is 5.97. The lowest BCUT2D eigenvalue weighted by Gasteiger charge is -2.29. The summed E-state index contributed by atoms with van der Waals surface area (Å²) in [6.45, 7) is 5.56. The van der Waals surface area contributed by atoms with Crippen LogP contribution in [0.25, 0.3) is 0 Å². The molecule has 3 rings (SSSR count). The monoisotopic (exact) mass is 274 g/mol. The number of rotatable bonds is 3. The lowest BCUT2D eigenvalue weighted by molar-refractivity contribution is 0.229. The van der Waals surface area contributed by atoms with Crippen LogP contribution in [0.15, 0.2) is 12.1 Å². The van der Waals surface area contributed by atoms with Crippen molar-refractivity contribution in [3.8, 4) is 5.75 Å². The quantitative estimate of drug-likeness (QED) is 0.857. The standard InChI is InChI=1S/C17H26N2O/c1-20-17-8-7-14-5-3-2-4-6-15(14)16(17)13-19-11-9-18-10-12-19/h7-8,18H,2-6,9-13H2,1H3. The molecule has 1 aromatic rings. The molecular formula is C17H26N2O. The van der Waals surface area contributed by atoms with Gasteiger partial charge in [-0.3, -0.25) is 4.90 Å². The molecule has 0 saturated carbocycles. The molecule has 0 atom stereocenters. The Labute approximate surface area is 122 Å². The van der Waals surface area contributed by atoms with Crippen LogP contribution in [0.5, 0.6) is 5.75 Å². The predicted octanol–water partition coefficient (Wildman–Crippen LogP) is 2.37. The Hall–Kier alpha value is -1.06.